The number of nitrogens with zero attached hydrogens (tertiary/aromatic N) is 1. The highest BCUT2D eigenvalue weighted by Gasteiger charge is 2.15. The van der Waals surface area contributed by atoms with Crippen LogP contribution in [0.5, 0.6) is 0 Å². The summed E-state index contributed by atoms with van der Waals surface area (Å²) in [7, 11) is 2.05. The monoisotopic (exact) mass is 425 g/mol. The lowest BCUT2D eigenvalue weighted by atomic mass is 10.1. The third-order valence-corrected chi connectivity index (χ3v) is 5.59. The second kappa shape index (κ2) is 9.52. The molecule has 2 amide bonds. The van der Waals surface area contributed by atoms with Crippen molar-refractivity contribution in [1.82, 2.24) is 15.2 Å². The highest BCUT2D eigenvalue weighted by molar-refractivity contribution is 6.09. The summed E-state index contributed by atoms with van der Waals surface area (Å²) in [5.41, 5.74) is 3.85. The molecule has 4 rings (SSSR count). The van der Waals surface area contributed by atoms with E-state index in [9.17, 15) is 9.59 Å². The van der Waals surface area contributed by atoms with Gasteiger partial charge in [0, 0.05) is 41.0 Å². The van der Waals surface area contributed by atoms with E-state index in [1.165, 1.54) is 0 Å². The van der Waals surface area contributed by atoms with Gasteiger partial charge in [-0.3, -0.25) is 9.59 Å². The first kappa shape index (κ1) is 21.4. The molecule has 1 heterocycles. The van der Waals surface area contributed by atoms with Crippen molar-refractivity contribution in [2.24, 2.45) is 7.05 Å². The zero-order valence-corrected chi connectivity index (χ0v) is 18.4. The van der Waals surface area contributed by atoms with E-state index in [2.05, 4.69) is 40.3 Å². The quantitative estimate of drug-likeness (QED) is 0.323. The Hall–Kier alpha value is -3.86. The number of unbranched alkanes of at least 4 members (excludes halogenated alkanes) is 1. The van der Waals surface area contributed by atoms with Crippen LogP contribution in [-0.4, -0.2) is 22.9 Å². The van der Waals surface area contributed by atoms with E-state index in [1.807, 2.05) is 37.4 Å². The smallest absolute Gasteiger partial charge is 0.267 e. The predicted molar refractivity (Wildman–Crippen MR) is 130 cm³/mol. The van der Waals surface area contributed by atoms with E-state index >= 15 is 0 Å². The van der Waals surface area contributed by atoms with Crippen LogP contribution in [-0.2, 0) is 11.8 Å². The van der Waals surface area contributed by atoms with Crippen LogP contribution in [0.15, 0.2) is 78.5 Å². The van der Waals surface area contributed by atoms with E-state index in [4.69, 9.17) is 0 Å². The van der Waals surface area contributed by atoms with Gasteiger partial charge in [0.05, 0.1) is 0 Å². The topological polar surface area (TPSA) is 63.1 Å². The number of carbonyl (C=O) groups excluding carboxylic acids is 2. The fourth-order valence-electron chi connectivity index (χ4n) is 3.86. The molecule has 0 saturated carbocycles. The maximum absolute atomic E-state index is 12.9. The van der Waals surface area contributed by atoms with Gasteiger partial charge in [0.25, 0.3) is 11.8 Å². The minimum absolute atomic E-state index is 0.231. The number of fused-ring (bicyclic) bond motifs is 3. The Morgan fingerprint density at radius 2 is 1.62 bits per heavy atom. The number of hydrogen-bond acceptors (Lipinski definition) is 2. The number of aromatic nitrogens is 1. The number of rotatable bonds is 7. The van der Waals surface area contributed by atoms with Crippen LogP contribution < -0.4 is 10.6 Å². The van der Waals surface area contributed by atoms with Crippen molar-refractivity contribution in [3.63, 3.8) is 0 Å². The molecule has 0 aliphatic carbocycles. The molecule has 0 radical (unpaired) electrons. The van der Waals surface area contributed by atoms with Crippen molar-refractivity contribution in [2.75, 3.05) is 6.54 Å². The molecule has 1 aromatic heterocycles. The van der Waals surface area contributed by atoms with Crippen LogP contribution in [0, 0.1) is 0 Å². The summed E-state index contributed by atoms with van der Waals surface area (Å²) in [4.78, 5) is 25.6. The summed E-state index contributed by atoms with van der Waals surface area (Å²) >= 11 is 0. The van der Waals surface area contributed by atoms with Gasteiger partial charge in [-0.25, -0.2) is 0 Å². The van der Waals surface area contributed by atoms with Crippen LogP contribution in [0.2, 0.25) is 0 Å². The van der Waals surface area contributed by atoms with Gasteiger partial charge in [-0.2, -0.15) is 0 Å². The van der Waals surface area contributed by atoms with Crippen LogP contribution in [0.25, 0.3) is 27.9 Å². The van der Waals surface area contributed by atoms with E-state index in [1.54, 1.807) is 30.3 Å². The highest BCUT2D eigenvalue weighted by atomic mass is 16.2. The molecule has 5 heteroatoms. The standard InChI is InChI=1S/C27H27N3O2/c1-3-4-16-28-27(32)23(29-26(31)20-10-6-5-7-11-20)18-19-14-15-25-22(17-19)21-12-8-9-13-24(21)30(25)2/h5-15,17-18H,3-4,16H2,1-2H3,(H,28,32)(H,29,31)/b23-18+. The molecular weight excluding hydrogens is 398 g/mol. The first-order valence-corrected chi connectivity index (χ1v) is 10.9. The largest absolute Gasteiger partial charge is 0.351 e. The van der Waals surface area contributed by atoms with Crippen LogP contribution in [0.4, 0.5) is 0 Å². The average Bonchev–Trinajstić information content (AvgIpc) is 3.11. The molecular formula is C27H27N3O2. The molecule has 32 heavy (non-hydrogen) atoms. The second-order valence-electron chi connectivity index (χ2n) is 7.84. The van der Waals surface area contributed by atoms with Gasteiger partial charge >= 0.3 is 0 Å². The fourth-order valence-corrected chi connectivity index (χ4v) is 3.86. The lowest BCUT2D eigenvalue weighted by Gasteiger charge is -2.11. The summed E-state index contributed by atoms with van der Waals surface area (Å²) in [5, 5.41) is 7.97. The number of amides is 2. The van der Waals surface area contributed by atoms with Crippen LogP contribution in [0.3, 0.4) is 0 Å². The first-order chi connectivity index (χ1) is 15.6. The first-order valence-electron chi connectivity index (χ1n) is 10.9. The Labute approximate surface area is 187 Å². The van der Waals surface area contributed by atoms with Gasteiger partial charge in [-0.1, -0.05) is 55.8 Å². The summed E-state index contributed by atoms with van der Waals surface area (Å²) in [6.45, 7) is 2.63. The number of aryl methyl sites for hydroxylation is 1. The Balaban J connectivity index is 1.71. The minimum atomic E-state index is -0.311. The molecule has 0 fully saturated rings. The summed E-state index contributed by atoms with van der Waals surface area (Å²) in [6.07, 6.45) is 3.60. The zero-order valence-electron chi connectivity index (χ0n) is 18.4. The van der Waals surface area contributed by atoms with Gasteiger partial charge in [-0.05, 0) is 48.4 Å². The van der Waals surface area contributed by atoms with Crippen molar-refractivity contribution in [1.29, 1.82) is 0 Å². The third kappa shape index (κ3) is 4.42. The van der Waals surface area contributed by atoms with E-state index in [-0.39, 0.29) is 17.5 Å². The second-order valence-corrected chi connectivity index (χ2v) is 7.84. The van der Waals surface area contributed by atoms with Crippen molar-refractivity contribution < 1.29 is 9.59 Å². The maximum atomic E-state index is 12.9. The number of para-hydroxylation sites is 1. The predicted octanol–water partition coefficient (Wildman–Crippen LogP) is 5.02. The van der Waals surface area contributed by atoms with Gasteiger partial charge in [0.15, 0.2) is 0 Å². The summed E-state index contributed by atoms with van der Waals surface area (Å²) < 4.78 is 2.16. The van der Waals surface area contributed by atoms with Gasteiger partial charge in [-0.15, -0.1) is 0 Å². The molecule has 0 saturated heterocycles. The Kier molecular flexibility index (Phi) is 6.36. The molecule has 3 aromatic carbocycles. The molecule has 2 N–H and O–H groups in total. The molecule has 4 aromatic rings. The summed E-state index contributed by atoms with van der Waals surface area (Å²) in [6, 6.07) is 23.2. The molecule has 5 nitrogen and oxygen atoms in total. The van der Waals surface area contributed by atoms with Gasteiger partial charge in [0.1, 0.15) is 5.70 Å². The molecule has 0 unspecified atom stereocenters. The average molecular weight is 426 g/mol. The highest BCUT2D eigenvalue weighted by Crippen LogP contribution is 2.29. The molecule has 0 aliphatic heterocycles. The van der Waals surface area contributed by atoms with Crippen molar-refractivity contribution >= 4 is 39.7 Å². The Morgan fingerprint density at radius 1 is 0.906 bits per heavy atom. The Morgan fingerprint density at radius 3 is 2.41 bits per heavy atom. The molecule has 0 aliphatic rings. The van der Waals surface area contributed by atoms with Crippen molar-refractivity contribution in [3.8, 4) is 0 Å². The third-order valence-electron chi connectivity index (χ3n) is 5.59. The number of hydrogen-bond donors (Lipinski definition) is 2. The molecule has 0 bridgehead atoms. The number of nitrogens with one attached hydrogen (secondary N) is 2. The van der Waals surface area contributed by atoms with Crippen molar-refractivity contribution in [3.05, 3.63) is 89.6 Å². The van der Waals surface area contributed by atoms with Crippen molar-refractivity contribution in [2.45, 2.75) is 19.8 Å². The van der Waals surface area contributed by atoms with E-state index in [0.717, 1.165) is 40.2 Å². The van der Waals surface area contributed by atoms with E-state index < -0.39 is 0 Å². The fraction of sp³-hybridized carbons (Fsp3) is 0.185. The zero-order chi connectivity index (χ0) is 22.5. The lowest BCUT2D eigenvalue weighted by Crippen LogP contribution is -2.35. The number of carbonyl (C=O) groups is 2. The SMILES string of the molecule is CCCCNC(=O)/C(=C\c1ccc2c(c1)c1ccccc1n2C)NC(=O)c1ccccc1. The maximum Gasteiger partial charge on any atom is 0.267 e. The molecule has 162 valence electrons. The normalized spacial score (nSPS) is 11.6. The summed E-state index contributed by atoms with van der Waals surface area (Å²) in [5.74, 6) is -0.602. The van der Waals surface area contributed by atoms with Crippen LogP contribution >= 0.6 is 0 Å². The van der Waals surface area contributed by atoms with E-state index in [0.29, 0.717) is 12.1 Å². The lowest BCUT2D eigenvalue weighted by molar-refractivity contribution is -0.117. The van der Waals surface area contributed by atoms with Crippen LogP contribution in [0.1, 0.15) is 35.7 Å². The Bertz CT molecular complexity index is 1300. The molecule has 0 atom stereocenters. The van der Waals surface area contributed by atoms with Gasteiger partial charge < -0.3 is 15.2 Å². The molecule has 0 spiro atoms. The van der Waals surface area contributed by atoms with Gasteiger partial charge in [0.2, 0.25) is 0 Å². The minimum Gasteiger partial charge on any atom is -0.351 e. The number of benzene rings is 3.